The van der Waals surface area contributed by atoms with Crippen molar-refractivity contribution in [2.24, 2.45) is 4.99 Å². The molecule has 2 nitrogen and oxygen atoms in total. The lowest BCUT2D eigenvalue weighted by Gasteiger charge is -1.97. The Kier molecular flexibility index (Phi) is 4.45. The lowest BCUT2D eigenvalue weighted by molar-refractivity contribution is 0.783. The lowest BCUT2D eigenvalue weighted by atomic mass is 10.8. The van der Waals surface area contributed by atoms with Crippen molar-refractivity contribution in [2.75, 3.05) is 7.05 Å². The van der Waals surface area contributed by atoms with E-state index < -0.39 is 0 Å². The van der Waals surface area contributed by atoms with Gasteiger partial charge in [-0.1, -0.05) is 12.8 Å². The average Bonchev–Trinajstić information content (AvgIpc) is 1.66. The molecule has 0 saturated carbocycles. The Morgan fingerprint density at radius 2 is 2.25 bits per heavy atom. The second kappa shape index (κ2) is 4.71. The standard InChI is InChI=1S/C5H10N2S/c1-3-6-4-5-7(2)8/h3-5,8H,1-2H3/b5-4-,6-3?. The van der Waals surface area contributed by atoms with Gasteiger partial charge in [-0.25, -0.2) is 0 Å². The third-order valence-electron chi connectivity index (χ3n) is 0.518. The van der Waals surface area contributed by atoms with Crippen LogP contribution in [0, 0.1) is 0 Å². The maximum Gasteiger partial charge on any atom is 0.0431 e. The molecule has 0 radical (unpaired) electrons. The zero-order valence-electron chi connectivity index (χ0n) is 5.07. The second-order valence-electron chi connectivity index (χ2n) is 1.28. The molecular formula is C5H10N2S. The normalized spacial score (nSPS) is 11.4. The quantitative estimate of drug-likeness (QED) is 0.440. The van der Waals surface area contributed by atoms with E-state index in [9.17, 15) is 0 Å². The molecule has 0 aliphatic rings. The molecule has 0 aromatic carbocycles. The largest absolute Gasteiger partial charge is 0.327 e. The highest BCUT2D eigenvalue weighted by molar-refractivity contribution is 7.77. The van der Waals surface area contributed by atoms with E-state index in [0.29, 0.717) is 0 Å². The Bertz CT molecular complexity index is 96.6. The van der Waals surface area contributed by atoms with E-state index in [0.717, 1.165) is 0 Å². The summed E-state index contributed by atoms with van der Waals surface area (Å²) in [4.78, 5) is 3.82. The van der Waals surface area contributed by atoms with Crippen LogP contribution in [-0.4, -0.2) is 17.6 Å². The molecular weight excluding hydrogens is 120 g/mol. The molecule has 0 bridgehead atoms. The summed E-state index contributed by atoms with van der Waals surface area (Å²) in [7, 11) is 1.82. The third-order valence-corrected chi connectivity index (χ3v) is 0.651. The molecule has 0 heterocycles. The van der Waals surface area contributed by atoms with Crippen LogP contribution in [0.1, 0.15) is 6.92 Å². The van der Waals surface area contributed by atoms with Gasteiger partial charge in [0.1, 0.15) is 0 Å². The van der Waals surface area contributed by atoms with Gasteiger partial charge < -0.3 is 4.31 Å². The minimum absolute atomic E-state index is 1.63. The van der Waals surface area contributed by atoms with Crippen molar-refractivity contribution in [3.8, 4) is 0 Å². The summed E-state index contributed by atoms with van der Waals surface area (Å²) in [6.07, 6.45) is 5.14. The number of aliphatic imine (C=N–C) groups is 1. The van der Waals surface area contributed by atoms with Crippen molar-refractivity contribution in [3.05, 3.63) is 12.4 Å². The zero-order valence-corrected chi connectivity index (χ0v) is 5.97. The van der Waals surface area contributed by atoms with Gasteiger partial charge in [-0.2, -0.15) is 0 Å². The molecule has 0 unspecified atom stereocenters. The van der Waals surface area contributed by atoms with Crippen molar-refractivity contribution in [3.63, 3.8) is 0 Å². The monoisotopic (exact) mass is 130 g/mol. The highest BCUT2D eigenvalue weighted by Gasteiger charge is 1.70. The first kappa shape index (κ1) is 7.56. The topological polar surface area (TPSA) is 15.6 Å². The van der Waals surface area contributed by atoms with Crippen molar-refractivity contribution < 1.29 is 0 Å². The van der Waals surface area contributed by atoms with Crippen LogP contribution >= 0.6 is 12.8 Å². The molecule has 8 heavy (non-hydrogen) atoms. The highest BCUT2D eigenvalue weighted by atomic mass is 32.1. The van der Waals surface area contributed by atoms with Crippen LogP contribution in [0.4, 0.5) is 0 Å². The first-order chi connectivity index (χ1) is 3.77. The summed E-state index contributed by atoms with van der Waals surface area (Å²) in [5.41, 5.74) is 0. The van der Waals surface area contributed by atoms with E-state index in [2.05, 4.69) is 17.8 Å². The van der Waals surface area contributed by atoms with E-state index in [1.807, 2.05) is 14.0 Å². The molecule has 0 saturated heterocycles. The van der Waals surface area contributed by atoms with E-state index in [1.165, 1.54) is 0 Å². The maximum absolute atomic E-state index is 3.94. The summed E-state index contributed by atoms with van der Waals surface area (Å²) in [6, 6.07) is 0. The first-order valence-electron chi connectivity index (χ1n) is 2.33. The van der Waals surface area contributed by atoms with Crippen molar-refractivity contribution >= 4 is 19.0 Å². The number of nitrogens with zero attached hydrogens (tertiary/aromatic N) is 2. The maximum atomic E-state index is 3.94. The van der Waals surface area contributed by atoms with Crippen LogP contribution < -0.4 is 0 Å². The molecule has 0 spiro atoms. The van der Waals surface area contributed by atoms with Crippen LogP contribution in [0.3, 0.4) is 0 Å². The molecule has 0 amide bonds. The van der Waals surface area contributed by atoms with E-state index in [-0.39, 0.29) is 0 Å². The lowest BCUT2D eigenvalue weighted by Crippen LogP contribution is -1.89. The van der Waals surface area contributed by atoms with Gasteiger partial charge in [-0.3, -0.25) is 4.99 Å². The third kappa shape index (κ3) is 5.56. The minimum atomic E-state index is 1.63. The molecule has 0 aliphatic carbocycles. The number of hydrogen-bond donors (Lipinski definition) is 1. The Hall–Kier alpha value is -0.440. The Morgan fingerprint density at radius 1 is 1.62 bits per heavy atom. The smallest absolute Gasteiger partial charge is 0.0431 e. The Morgan fingerprint density at radius 3 is 2.62 bits per heavy atom. The number of thiol groups is 1. The molecule has 0 aromatic rings. The van der Waals surface area contributed by atoms with Gasteiger partial charge in [0.05, 0.1) is 0 Å². The van der Waals surface area contributed by atoms with E-state index >= 15 is 0 Å². The van der Waals surface area contributed by atoms with Gasteiger partial charge in [0.15, 0.2) is 0 Å². The summed E-state index contributed by atoms with van der Waals surface area (Å²) in [5.74, 6) is 0. The summed E-state index contributed by atoms with van der Waals surface area (Å²) >= 11 is 3.94. The van der Waals surface area contributed by atoms with Crippen LogP contribution in [0.25, 0.3) is 0 Å². The van der Waals surface area contributed by atoms with Gasteiger partial charge in [-0.05, 0) is 6.92 Å². The Labute approximate surface area is 55.5 Å². The van der Waals surface area contributed by atoms with Crippen LogP contribution in [0.15, 0.2) is 17.4 Å². The van der Waals surface area contributed by atoms with Crippen molar-refractivity contribution in [1.29, 1.82) is 0 Å². The van der Waals surface area contributed by atoms with Crippen molar-refractivity contribution in [1.82, 2.24) is 4.31 Å². The van der Waals surface area contributed by atoms with Crippen LogP contribution in [0.5, 0.6) is 0 Å². The summed E-state index contributed by atoms with van der Waals surface area (Å²) < 4.78 is 1.63. The molecule has 0 N–H and O–H groups in total. The average molecular weight is 130 g/mol. The molecule has 0 aliphatic heterocycles. The highest BCUT2D eigenvalue weighted by Crippen LogP contribution is 1.86. The van der Waals surface area contributed by atoms with E-state index in [1.54, 1.807) is 22.9 Å². The molecule has 0 rings (SSSR count). The Balaban J connectivity index is 3.34. The molecule has 0 atom stereocenters. The van der Waals surface area contributed by atoms with Gasteiger partial charge in [0.25, 0.3) is 0 Å². The van der Waals surface area contributed by atoms with Crippen LogP contribution in [-0.2, 0) is 0 Å². The first-order valence-corrected chi connectivity index (χ1v) is 2.73. The van der Waals surface area contributed by atoms with Gasteiger partial charge >= 0.3 is 0 Å². The molecule has 0 aromatic heterocycles. The second-order valence-corrected chi connectivity index (χ2v) is 1.91. The molecule has 3 heteroatoms. The van der Waals surface area contributed by atoms with Gasteiger partial charge in [0, 0.05) is 25.7 Å². The molecule has 46 valence electrons. The summed E-state index contributed by atoms with van der Waals surface area (Å²) in [5, 5.41) is 0. The van der Waals surface area contributed by atoms with Gasteiger partial charge in [-0.15, -0.1) is 0 Å². The SMILES string of the molecule is CC=N/C=C\N(C)S. The fraction of sp³-hybridized carbons (Fsp3) is 0.400. The zero-order chi connectivity index (χ0) is 6.41. The fourth-order valence-corrected chi connectivity index (χ4v) is 0.281. The van der Waals surface area contributed by atoms with Gasteiger partial charge in [0.2, 0.25) is 0 Å². The van der Waals surface area contributed by atoms with Crippen molar-refractivity contribution in [2.45, 2.75) is 6.92 Å². The predicted molar refractivity (Wildman–Crippen MR) is 40.1 cm³/mol. The number of hydrogen-bond acceptors (Lipinski definition) is 3. The van der Waals surface area contributed by atoms with Crippen LogP contribution in [0.2, 0.25) is 0 Å². The molecule has 0 fully saturated rings. The van der Waals surface area contributed by atoms with E-state index in [4.69, 9.17) is 0 Å². The fourth-order valence-electron chi connectivity index (χ4n) is 0.221. The number of rotatable bonds is 2. The summed E-state index contributed by atoms with van der Waals surface area (Å²) in [6.45, 7) is 1.86. The minimum Gasteiger partial charge on any atom is -0.327 e. The predicted octanol–water partition coefficient (Wildman–Crippen LogP) is 1.32.